The number of carbonyl (C=O) groups is 1. The monoisotopic (exact) mass is 284 g/mol. The molecule has 0 radical (unpaired) electrons. The molecule has 2 rings (SSSR count). The largest absolute Gasteiger partial charge is 0.466 e. The fourth-order valence-electron chi connectivity index (χ4n) is 3.10. The third kappa shape index (κ3) is 3.46. The van der Waals surface area contributed by atoms with Gasteiger partial charge in [0.25, 0.3) is 0 Å². The lowest BCUT2D eigenvalue weighted by Gasteiger charge is -2.24. The maximum absolute atomic E-state index is 12.2. The van der Waals surface area contributed by atoms with Crippen LogP contribution in [0.25, 0.3) is 0 Å². The minimum absolute atomic E-state index is 0.0119. The van der Waals surface area contributed by atoms with Crippen LogP contribution in [0.4, 0.5) is 0 Å². The van der Waals surface area contributed by atoms with Gasteiger partial charge in [-0.2, -0.15) is 0 Å². The van der Waals surface area contributed by atoms with Crippen LogP contribution in [0.2, 0.25) is 0 Å². The molecule has 0 N–H and O–H groups in total. The van der Waals surface area contributed by atoms with E-state index in [1.165, 1.54) is 0 Å². The van der Waals surface area contributed by atoms with Crippen molar-refractivity contribution in [2.24, 2.45) is 17.8 Å². The first-order chi connectivity index (χ1) is 9.17. The fraction of sp³-hybridized carbons (Fsp3) is 0.786. The molecule has 19 heavy (non-hydrogen) atoms. The smallest absolute Gasteiger partial charge is 0.309 e. The molecule has 4 unspecified atom stereocenters. The lowest BCUT2D eigenvalue weighted by molar-refractivity contribution is -0.152. The normalized spacial score (nSPS) is 30.6. The highest BCUT2D eigenvalue weighted by atomic mass is 28.2. The molecule has 108 valence electrons. The van der Waals surface area contributed by atoms with Gasteiger partial charge in [0.15, 0.2) is 0 Å². The molecule has 0 saturated heterocycles. The molecule has 0 spiro atoms. The number of rotatable bonds is 7. The van der Waals surface area contributed by atoms with Crippen LogP contribution in [0, 0.1) is 17.8 Å². The zero-order chi connectivity index (χ0) is 13.8. The lowest BCUT2D eigenvalue weighted by atomic mass is 9.94. The van der Waals surface area contributed by atoms with Gasteiger partial charge in [0.1, 0.15) is 15.4 Å². The van der Waals surface area contributed by atoms with E-state index >= 15 is 0 Å². The Labute approximate surface area is 117 Å². The van der Waals surface area contributed by atoms with Gasteiger partial charge in [-0.05, 0) is 31.1 Å². The maximum Gasteiger partial charge on any atom is 0.309 e. The molecule has 5 heteroatoms. The molecule has 1 fully saturated rings. The molecular weight excluding hydrogens is 260 g/mol. The second kappa shape index (κ2) is 6.68. The molecule has 4 atom stereocenters. The number of allylic oxidation sites excluding steroid dienone is 2. The van der Waals surface area contributed by atoms with Crippen LogP contribution < -0.4 is 0 Å². The number of esters is 1. The summed E-state index contributed by atoms with van der Waals surface area (Å²) in [6, 6.07) is 0. The zero-order valence-electron chi connectivity index (χ0n) is 12.0. The Morgan fingerprint density at radius 1 is 1.32 bits per heavy atom. The molecule has 2 aliphatic carbocycles. The molecule has 4 nitrogen and oxygen atoms in total. The van der Waals surface area contributed by atoms with Gasteiger partial charge in [-0.15, -0.1) is 0 Å². The molecule has 0 heterocycles. The van der Waals surface area contributed by atoms with Gasteiger partial charge in [-0.1, -0.05) is 19.1 Å². The van der Waals surface area contributed by atoms with Crippen molar-refractivity contribution in [2.45, 2.75) is 37.8 Å². The molecular formula is C14H24O4Si. The van der Waals surface area contributed by atoms with Crippen molar-refractivity contribution in [2.75, 3.05) is 14.2 Å². The van der Waals surface area contributed by atoms with Crippen LogP contribution >= 0.6 is 0 Å². The average molecular weight is 284 g/mol. The average Bonchev–Trinajstić information content (AvgIpc) is 3.05. The van der Waals surface area contributed by atoms with E-state index in [4.69, 9.17) is 14.2 Å². The van der Waals surface area contributed by atoms with Gasteiger partial charge >= 0.3 is 5.97 Å². The van der Waals surface area contributed by atoms with Crippen molar-refractivity contribution >= 4 is 15.5 Å². The highest BCUT2D eigenvalue weighted by molar-refractivity contribution is 6.38. The molecule has 0 aliphatic heterocycles. The lowest BCUT2D eigenvalue weighted by Crippen LogP contribution is -2.36. The Balaban J connectivity index is 1.84. The minimum atomic E-state index is -0.748. The summed E-state index contributed by atoms with van der Waals surface area (Å²) < 4.78 is 16.1. The van der Waals surface area contributed by atoms with E-state index in [0.717, 1.165) is 19.3 Å². The summed E-state index contributed by atoms with van der Waals surface area (Å²) in [7, 11) is 2.52. The summed E-state index contributed by atoms with van der Waals surface area (Å²) in [5.41, 5.74) is 0.0144. The molecule has 2 bridgehead atoms. The SMILES string of the molecule is CCC(OC(=O)C1CC2C=CC1C2)[SiH2]C(OC)OC. The Morgan fingerprint density at radius 2 is 2.05 bits per heavy atom. The van der Waals surface area contributed by atoms with Crippen molar-refractivity contribution in [1.82, 2.24) is 0 Å². The first kappa shape index (κ1) is 14.7. The van der Waals surface area contributed by atoms with E-state index in [-0.39, 0.29) is 23.5 Å². The molecule has 0 aromatic heterocycles. The van der Waals surface area contributed by atoms with Crippen LogP contribution in [0.1, 0.15) is 26.2 Å². The van der Waals surface area contributed by atoms with E-state index < -0.39 is 9.52 Å². The summed E-state index contributed by atoms with van der Waals surface area (Å²) in [5.74, 6) is 0.921. The highest BCUT2D eigenvalue weighted by Gasteiger charge is 2.41. The Morgan fingerprint density at radius 3 is 2.53 bits per heavy atom. The summed E-state index contributed by atoms with van der Waals surface area (Å²) in [4.78, 5) is 12.2. The Kier molecular flexibility index (Phi) is 5.18. The second-order valence-electron chi connectivity index (χ2n) is 5.49. The Bertz CT molecular complexity index is 340. The van der Waals surface area contributed by atoms with Gasteiger partial charge in [0.2, 0.25) is 0 Å². The number of hydrogen-bond donors (Lipinski definition) is 0. The maximum atomic E-state index is 12.2. The second-order valence-corrected chi connectivity index (χ2v) is 7.54. The summed E-state index contributed by atoms with van der Waals surface area (Å²) in [5, 5.41) is 0. The molecule has 0 aromatic rings. The van der Waals surface area contributed by atoms with Gasteiger partial charge < -0.3 is 14.2 Å². The van der Waals surface area contributed by atoms with Crippen LogP contribution in [0.15, 0.2) is 12.2 Å². The molecule has 0 aromatic carbocycles. The summed E-state index contributed by atoms with van der Waals surface area (Å²) in [6.45, 7) is 2.05. The van der Waals surface area contributed by atoms with Crippen molar-refractivity contribution in [3.05, 3.63) is 12.2 Å². The van der Waals surface area contributed by atoms with Gasteiger partial charge in [0, 0.05) is 14.2 Å². The van der Waals surface area contributed by atoms with Gasteiger partial charge in [-0.25, -0.2) is 0 Å². The first-order valence-corrected chi connectivity index (χ1v) is 8.75. The summed E-state index contributed by atoms with van der Waals surface area (Å²) in [6.07, 6.45) is 7.37. The fourth-order valence-corrected chi connectivity index (χ4v) is 4.51. The third-order valence-corrected chi connectivity index (χ3v) is 6.62. The number of ether oxygens (including phenoxy) is 3. The van der Waals surface area contributed by atoms with Crippen LogP contribution in [-0.4, -0.2) is 41.3 Å². The van der Waals surface area contributed by atoms with E-state index in [1.807, 2.05) is 6.92 Å². The Hall–Kier alpha value is -0.653. The van der Waals surface area contributed by atoms with Crippen LogP contribution in [-0.2, 0) is 19.0 Å². The third-order valence-electron chi connectivity index (χ3n) is 4.30. The van der Waals surface area contributed by atoms with Crippen LogP contribution in [0.5, 0.6) is 0 Å². The number of carbonyl (C=O) groups excluding carboxylic acids is 1. The quantitative estimate of drug-likeness (QED) is 0.305. The first-order valence-electron chi connectivity index (χ1n) is 7.12. The molecule has 0 amide bonds. The van der Waals surface area contributed by atoms with Crippen LogP contribution in [0.3, 0.4) is 0 Å². The topological polar surface area (TPSA) is 44.8 Å². The van der Waals surface area contributed by atoms with Crippen molar-refractivity contribution in [3.63, 3.8) is 0 Å². The van der Waals surface area contributed by atoms with Gasteiger partial charge in [-0.3, -0.25) is 4.79 Å². The predicted octanol–water partition coefficient (Wildman–Crippen LogP) is 1.22. The van der Waals surface area contributed by atoms with E-state index in [1.54, 1.807) is 14.2 Å². The molecule has 2 aliphatic rings. The van der Waals surface area contributed by atoms with E-state index in [2.05, 4.69) is 12.2 Å². The number of hydrogen-bond acceptors (Lipinski definition) is 4. The standard InChI is InChI=1S/C14H24O4Si/c1-4-12(19-14(16-2)17-3)18-13(15)11-8-9-5-6-10(11)7-9/h5-6,9-12,14H,4,7-8,19H2,1-3H3. The van der Waals surface area contributed by atoms with Gasteiger partial charge in [0.05, 0.1) is 11.6 Å². The predicted molar refractivity (Wildman–Crippen MR) is 75.4 cm³/mol. The molecule has 1 saturated carbocycles. The number of fused-ring (bicyclic) bond motifs is 2. The van der Waals surface area contributed by atoms with E-state index in [9.17, 15) is 4.79 Å². The zero-order valence-corrected chi connectivity index (χ0v) is 13.4. The van der Waals surface area contributed by atoms with Crippen molar-refractivity contribution < 1.29 is 19.0 Å². The highest BCUT2D eigenvalue weighted by Crippen LogP contribution is 2.44. The minimum Gasteiger partial charge on any atom is -0.466 e. The van der Waals surface area contributed by atoms with Crippen molar-refractivity contribution in [1.29, 1.82) is 0 Å². The summed E-state index contributed by atoms with van der Waals surface area (Å²) >= 11 is 0. The number of methoxy groups -OCH3 is 2. The van der Waals surface area contributed by atoms with E-state index in [0.29, 0.717) is 11.8 Å². The van der Waals surface area contributed by atoms with Crippen molar-refractivity contribution in [3.8, 4) is 0 Å².